The Morgan fingerprint density at radius 1 is 0.931 bits per heavy atom. The van der Waals surface area contributed by atoms with Crippen molar-refractivity contribution in [3.8, 4) is 0 Å². The van der Waals surface area contributed by atoms with Crippen LogP contribution in [0.4, 0.5) is 11.4 Å². The topological polar surface area (TPSA) is 44.3 Å². The molecule has 156 valence electrons. The highest BCUT2D eigenvalue weighted by atomic mass is 16.3. The SMILES string of the molecule is CC(CCCC(C)(C)O)CC(C1CNc2ccccc21)C1CNc2ccccc21. The Balaban J connectivity index is 1.54. The van der Waals surface area contributed by atoms with E-state index in [1.165, 1.54) is 35.3 Å². The van der Waals surface area contributed by atoms with Gasteiger partial charge in [0.25, 0.3) is 0 Å². The predicted molar refractivity (Wildman–Crippen MR) is 123 cm³/mol. The number of hydrogen-bond donors (Lipinski definition) is 3. The molecule has 0 amide bonds. The fourth-order valence-corrected chi connectivity index (χ4v) is 5.46. The lowest BCUT2D eigenvalue weighted by Gasteiger charge is -2.32. The van der Waals surface area contributed by atoms with Crippen LogP contribution in [0.5, 0.6) is 0 Å². The predicted octanol–water partition coefficient (Wildman–Crippen LogP) is 5.99. The molecule has 2 aliphatic rings. The Kier molecular flexibility index (Phi) is 5.87. The Hall–Kier alpha value is -2.00. The number of para-hydroxylation sites is 2. The Labute approximate surface area is 175 Å². The first kappa shape index (κ1) is 20.3. The largest absolute Gasteiger partial charge is 0.390 e. The zero-order valence-electron chi connectivity index (χ0n) is 18.1. The molecule has 0 aromatic heterocycles. The fraction of sp³-hybridized carbons (Fsp3) is 0.538. The lowest BCUT2D eigenvalue weighted by atomic mass is 9.72. The maximum atomic E-state index is 10.1. The molecular weight excluding hydrogens is 356 g/mol. The van der Waals surface area contributed by atoms with E-state index in [1.807, 2.05) is 13.8 Å². The van der Waals surface area contributed by atoms with Gasteiger partial charge in [0.1, 0.15) is 0 Å². The first-order chi connectivity index (χ1) is 13.9. The van der Waals surface area contributed by atoms with E-state index in [2.05, 4.69) is 66.1 Å². The zero-order valence-corrected chi connectivity index (χ0v) is 18.1. The van der Waals surface area contributed by atoms with Crippen molar-refractivity contribution >= 4 is 11.4 Å². The molecule has 0 radical (unpaired) electrons. The van der Waals surface area contributed by atoms with Gasteiger partial charge in [0.15, 0.2) is 0 Å². The smallest absolute Gasteiger partial charge is 0.0591 e. The molecule has 3 heteroatoms. The van der Waals surface area contributed by atoms with Crippen LogP contribution in [0.2, 0.25) is 0 Å². The Bertz CT molecular complexity index is 770. The summed E-state index contributed by atoms with van der Waals surface area (Å²) >= 11 is 0. The molecule has 0 saturated heterocycles. The van der Waals surface area contributed by atoms with E-state index >= 15 is 0 Å². The number of benzene rings is 2. The van der Waals surface area contributed by atoms with E-state index in [4.69, 9.17) is 0 Å². The van der Waals surface area contributed by atoms with E-state index in [1.54, 1.807) is 0 Å². The van der Waals surface area contributed by atoms with Gasteiger partial charge in [-0.3, -0.25) is 0 Å². The third-order valence-corrected chi connectivity index (χ3v) is 6.94. The maximum Gasteiger partial charge on any atom is 0.0591 e. The van der Waals surface area contributed by atoms with Crippen molar-refractivity contribution in [1.82, 2.24) is 0 Å². The summed E-state index contributed by atoms with van der Waals surface area (Å²) in [5.41, 5.74) is 5.06. The minimum absolute atomic E-state index is 0.554. The van der Waals surface area contributed by atoms with Gasteiger partial charge in [-0.2, -0.15) is 0 Å². The van der Waals surface area contributed by atoms with E-state index in [0.717, 1.165) is 25.9 Å². The first-order valence-electron chi connectivity index (χ1n) is 11.3. The number of hydrogen-bond acceptors (Lipinski definition) is 3. The molecule has 0 fully saturated rings. The average molecular weight is 393 g/mol. The summed E-state index contributed by atoms with van der Waals surface area (Å²) in [4.78, 5) is 0. The van der Waals surface area contributed by atoms with Gasteiger partial charge in [-0.1, -0.05) is 56.2 Å². The standard InChI is InChI=1S/C26H36N2O/c1-18(9-8-14-26(2,3)29)15-21(22-16-27-24-12-6-4-10-19(22)24)23-17-28-25-13-7-5-11-20(23)25/h4-7,10-13,18,21-23,27-29H,8-9,14-17H2,1-3H3. The third kappa shape index (κ3) is 4.61. The van der Waals surface area contributed by atoms with E-state index in [0.29, 0.717) is 23.7 Å². The van der Waals surface area contributed by atoms with Gasteiger partial charge in [0, 0.05) is 36.3 Å². The van der Waals surface area contributed by atoms with Crippen LogP contribution in [-0.2, 0) is 0 Å². The molecule has 0 bridgehead atoms. The fourth-order valence-electron chi connectivity index (χ4n) is 5.46. The van der Waals surface area contributed by atoms with Gasteiger partial charge in [-0.05, 0) is 61.8 Å². The second-order valence-electron chi connectivity index (χ2n) is 9.86. The monoisotopic (exact) mass is 392 g/mol. The summed E-state index contributed by atoms with van der Waals surface area (Å²) in [5.74, 6) is 2.38. The molecule has 2 aromatic rings. The van der Waals surface area contributed by atoms with Gasteiger partial charge in [-0.25, -0.2) is 0 Å². The highest BCUT2D eigenvalue weighted by Crippen LogP contribution is 2.48. The lowest BCUT2D eigenvalue weighted by Crippen LogP contribution is -2.26. The molecule has 29 heavy (non-hydrogen) atoms. The van der Waals surface area contributed by atoms with Crippen molar-refractivity contribution in [2.75, 3.05) is 23.7 Å². The number of aliphatic hydroxyl groups is 1. The van der Waals surface area contributed by atoms with E-state index in [9.17, 15) is 5.11 Å². The van der Waals surface area contributed by atoms with Gasteiger partial charge in [0.05, 0.1) is 5.60 Å². The van der Waals surface area contributed by atoms with Crippen LogP contribution in [0, 0.1) is 11.8 Å². The molecule has 0 spiro atoms. The molecule has 3 atom stereocenters. The summed E-state index contributed by atoms with van der Waals surface area (Å²) in [6.45, 7) is 8.32. The van der Waals surface area contributed by atoms with Crippen LogP contribution < -0.4 is 10.6 Å². The molecule has 3 N–H and O–H groups in total. The molecule has 3 nitrogen and oxygen atoms in total. The van der Waals surface area contributed by atoms with E-state index < -0.39 is 5.60 Å². The maximum absolute atomic E-state index is 10.1. The number of fused-ring (bicyclic) bond motifs is 2. The summed E-state index contributed by atoms with van der Waals surface area (Å²) in [5, 5.41) is 17.4. The minimum atomic E-state index is -0.554. The van der Waals surface area contributed by atoms with Crippen molar-refractivity contribution in [2.45, 2.75) is 63.9 Å². The molecular formula is C26H36N2O. The summed E-state index contributed by atoms with van der Waals surface area (Å²) in [6, 6.07) is 17.7. The van der Waals surface area contributed by atoms with Gasteiger partial charge in [0.2, 0.25) is 0 Å². The number of nitrogens with one attached hydrogen (secondary N) is 2. The van der Waals surface area contributed by atoms with E-state index in [-0.39, 0.29) is 0 Å². The molecule has 4 rings (SSSR count). The van der Waals surface area contributed by atoms with Crippen LogP contribution >= 0.6 is 0 Å². The highest BCUT2D eigenvalue weighted by Gasteiger charge is 2.38. The molecule has 0 aliphatic carbocycles. The number of rotatable bonds is 8. The third-order valence-electron chi connectivity index (χ3n) is 6.94. The van der Waals surface area contributed by atoms with Crippen molar-refractivity contribution in [3.63, 3.8) is 0 Å². The molecule has 3 unspecified atom stereocenters. The zero-order chi connectivity index (χ0) is 20.4. The van der Waals surface area contributed by atoms with Gasteiger partial charge < -0.3 is 15.7 Å². The summed E-state index contributed by atoms with van der Waals surface area (Å²) < 4.78 is 0. The Morgan fingerprint density at radius 2 is 1.45 bits per heavy atom. The van der Waals surface area contributed by atoms with Crippen molar-refractivity contribution in [1.29, 1.82) is 0 Å². The quantitative estimate of drug-likeness (QED) is 0.517. The lowest BCUT2D eigenvalue weighted by molar-refractivity contribution is 0.0665. The van der Waals surface area contributed by atoms with Crippen molar-refractivity contribution in [3.05, 3.63) is 59.7 Å². The van der Waals surface area contributed by atoms with Crippen molar-refractivity contribution in [2.24, 2.45) is 11.8 Å². The second-order valence-corrected chi connectivity index (χ2v) is 9.86. The second kappa shape index (κ2) is 8.39. The van der Waals surface area contributed by atoms with Crippen LogP contribution in [-0.4, -0.2) is 23.8 Å². The molecule has 2 aromatic carbocycles. The van der Waals surface area contributed by atoms with Crippen LogP contribution in [0.1, 0.15) is 69.4 Å². The molecule has 2 heterocycles. The van der Waals surface area contributed by atoms with Crippen LogP contribution in [0.25, 0.3) is 0 Å². The summed E-state index contributed by atoms with van der Waals surface area (Å²) in [6.07, 6.45) is 4.39. The van der Waals surface area contributed by atoms with Crippen LogP contribution in [0.15, 0.2) is 48.5 Å². The highest BCUT2D eigenvalue weighted by molar-refractivity contribution is 5.60. The Morgan fingerprint density at radius 3 is 1.97 bits per heavy atom. The van der Waals surface area contributed by atoms with Gasteiger partial charge >= 0.3 is 0 Å². The molecule has 2 aliphatic heterocycles. The number of anilines is 2. The van der Waals surface area contributed by atoms with Gasteiger partial charge in [-0.15, -0.1) is 0 Å². The normalized spacial score (nSPS) is 22.3. The first-order valence-corrected chi connectivity index (χ1v) is 11.3. The summed E-state index contributed by atoms with van der Waals surface area (Å²) in [7, 11) is 0. The van der Waals surface area contributed by atoms with Crippen molar-refractivity contribution < 1.29 is 5.11 Å². The minimum Gasteiger partial charge on any atom is -0.390 e. The van der Waals surface area contributed by atoms with Crippen LogP contribution in [0.3, 0.4) is 0 Å². The molecule has 0 saturated carbocycles. The average Bonchev–Trinajstić information content (AvgIpc) is 3.30.